The lowest BCUT2D eigenvalue weighted by atomic mass is 9.59. The SMILES string of the molecule is CC1(C)c2ccccc2-c2c1[nH]c1c(-c3cc4c(oc5ccccc54)c4c3[B]c3cccc5c6c7ccccc7sc6n-4c35)cccc21. The average Bonchev–Trinajstić information content (AvgIpc) is 3.90. The maximum atomic E-state index is 6.84. The Hall–Kier alpha value is -5.52. The molecule has 0 amide bonds. The van der Waals surface area contributed by atoms with Gasteiger partial charge in [0.2, 0.25) is 0 Å². The number of hydrogen-bond acceptors (Lipinski definition) is 2. The molecule has 3 nitrogen and oxygen atoms in total. The highest BCUT2D eigenvalue weighted by atomic mass is 32.1. The van der Waals surface area contributed by atoms with E-state index in [1.54, 1.807) is 0 Å². The number of rotatable bonds is 1. The van der Waals surface area contributed by atoms with Crippen LogP contribution in [0.25, 0.3) is 92.0 Å². The molecule has 1 aliphatic carbocycles. The molecule has 5 heterocycles. The van der Waals surface area contributed by atoms with Crippen molar-refractivity contribution in [3.8, 4) is 27.9 Å². The third-order valence-electron chi connectivity index (χ3n) is 11.2. The summed E-state index contributed by atoms with van der Waals surface area (Å²) in [7, 11) is 2.40. The molecule has 1 radical (unpaired) electrons. The van der Waals surface area contributed by atoms with Crippen LogP contribution >= 0.6 is 11.3 Å². The van der Waals surface area contributed by atoms with Crippen molar-refractivity contribution < 1.29 is 4.42 Å². The Labute approximate surface area is 280 Å². The van der Waals surface area contributed by atoms with Gasteiger partial charge < -0.3 is 9.40 Å². The topological polar surface area (TPSA) is 33.9 Å². The predicted octanol–water partition coefficient (Wildman–Crippen LogP) is 10.3. The molecule has 10 aromatic rings. The zero-order valence-electron chi connectivity index (χ0n) is 26.3. The maximum absolute atomic E-state index is 6.84. The van der Waals surface area contributed by atoms with Crippen LogP contribution < -0.4 is 10.9 Å². The van der Waals surface area contributed by atoms with E-state index in [1.807, 2.05) is 11.3 Å². The number of fused-ring (bicyclic) bond motifs is 16. The zero-order chi connectivity index (χ0) is 31.5. The van der Waals surface area contributed by atoms with Crippen LogP contribution in [0.2, 0.25) is 0 Å². The van der Waals surface area contributed by atoms with Crippen LogP contribution in [0.5, 0.6) is 0 Å². The molecule has 0 atom stereocenters. The fraction of sp³-hybridized carbons (Fsp3) is 0.0698. The summed E-state index contributed by atoms with van der Waals surface area (Å²) in [4.78, 5) is 5.27. The molecular weight excluding hydrogens is 603 g/mol. The van der Waals surface area contributed by atoms with Gasteiger partial charge in [-0.2, -0.15) is 0 Å². The molecule has 2 aliphatic rings. The highest BCUT2D eigenvalue weighted by Crippen LogP contribution is 2.53. The van der Waals surface area contributed by atoms with Gasteiger partial charge in [0.15, 0.2) is 12.9 Å². The molecule has 6 aromatic carbocycles. The summed E-state index contributed by atoms with van der Waals surface area (Å²) in [5.74, 6) is 0. The summed E-state index contributed by atoms with van der Waals surface area (Å²) in [5.41, 5.74) is 15.5. The molecule has 0 fully saturated rings. The molecule has 1 aliphatic heterocycles. The first-order valence-electron chi connectivity index (χ1n) is 16.6. The lowest BCUT2D eigenvalue weighted by Gasteiger charge is -2.24. The van der Waals surface area contributed by atoms with Crippen LogP contribution in [0.15, 0.2) is 120 Å². The monoisotopic (exact) mass is 629 g/mol. The highest BCUT2D eigenvalue weighted by molar-refractivity contribution is 7.25. The van der Waals surface area contributed by atoms with Crippen molar-refractivity contribution in [2.45, 2.75) is 19.3 Å². The largest absolute Gasteiger partial charge is 0.454 e. The molecule has 4 aromatic heterocycles. The Bertz CT molecular complexity index is 3080. The molecule has 0 unspecified atom stereocenters. The second-order valence-electron chi connectivity index (χ2n) is 13.9. The molecule has 0 spiro atoms. The quantitative estimate of drug-likeness (QED) is 0.180. The Balaban J connectivity index is 1.26. The van der Waals surface area contributed by atoms with Gasteiger partial charge in [-0.1, -0.05) is 116 Å². The van der Waals surface area contributed by atoms with Gasteiger partial charge in [0, 0.05) is 64.8 Å². The van der Waals surface area contributed by atoms with Crippen LogP contribution in [0.4, 0.5) is 0 Å². The van der Waals surface area contributed by atoms with Crippen LogP contribution in [0.3, 0.4) is 0 Å². The fourth-order valence-corrected chi connectivity index (χ4v) is 10.3. The normalized spacial score (nSPS) is 14.4. The van der Waals surface area contributed by atoms with Crippen molar-refractivity contribution in [3.63, 3.8) is 0 Å². The number of nitrogens with one attached hydrogen (secondary N) is 1. The number of thiophene rings is 1. The minimum Gasteiger partial charge on any atom is -0.454 e. The lowest BCUT2D eigenvalue weighted by Crippen LogP contribution is -2.37. The summed E-state index contributed by atoms with van der Waals surface area (Å²) >= 11 is 1.87. The molecule has 1 N–H and O–H groups in total. The number of furan rings is 1. The molecule has 0 saturated carbocycles. The van der Waals surface area contributed by atoms with E-state index >= 15 is 0 Å². The van der Waals surface area contributed by atoms with E-state index in [9.17, 15) is 0 Å². The summed E-state index contributed by atoms with van der Waals surface area (Å²) in [6, 6.07) is 42.2. The van der Waals surface area contributed by atoms with E-state index in [1.165, 1.54) is 86.5 Å². The van der Waals surface area contributed by atoms with Crippen LogP contribution in [-0.2, 0) is 5.41 Å². The first-order valence-corrected chi connectivity index (χ1v) is 17.4. The van der Waals surface area contributed by atoms with Crippen LogP contribution in [0.1, 0.15) is 25.1 Å². The van der Waals surface area contributed by atoms with Gasteiger partial charge in [-0.25, -0.2) is 0 Å². The number of H-pyrrole nitrogens is 1. The lowest BCUT2D eigenvalue weighted by molar-refractivity contribution is 0.642. The van der Waals surface area contributed by atoms with Crippen molar-refractivity contribution in [2.75, 3.05) is 0 Å². The van der Waals surface area contributed by atoms with Gasteiger partial charge in [-0.05, 0) is 40.4 Å². The molecule has 12 rings (SSSR count). The summed E-state index contributed by atoms with van der Waals surface area (Å²) in [6.45, 7) is 4.69. The van der Waals surface area contributed by atoms with Crippen LogP contribution in [-0.4, -0.2) is 16.8 Å². The maximum Gasteiger partial charge on any atom is 0.198 e. The molecule has 0 saturated heterocycles. The standard InChI is InChI=1S/C43H26BN2OS/c1-43(2)30-17-6-3-12-24(30)34-26-15-9-14-23(37(26)45-41(34)43)28-21-29-22-11-4-7-19-32(22)47-40(29)39-36(28)44-31-18-10-16-27-35-25-13-5-8-20-33(25)48-42(35)46(39)38(27)31/h3-21,45H,1-2H3. The fourth-order valence-electron chi connectivity index (χ4n) is 9.07. The summed E-state index contributed by atoms with van der Waals surface area (Å²) in [6.07, 6.45) is 0. The van der Waals surface area contributed by atoms with Gasteiger partial charge in [0.05, 0.1) is 11.2 Å². The Morgan fingerprint density at radius 2 is 1.46 bits per heavy atom. The number of aromatic amines is 1. The van der Waals surface area contributed by atoms with Crippen molar-refractivity contribution in [2.24, 2.45) is 0 Å². The highest BCUT2D eigenvalue weighted by Gasteiger charge is 2.39. The molecular formula is C43H26BN2OS. The van der Waals surface area contributed by atoms with Crippen molar-refractivity contribution in [1.29, 1.82) is 0 Å². The smallest absolute Gasteiger partial charge is 0.198 e. The minimum absolute atomic E-state index is 0.110. The molecule has 48 heavy (non-hydrogen) atoms. The Kier molecular flexibility index (Phi) is 4.52. The van der Waals surface area contributed by atoms with Gasteiger partial charge in [0.25, 0.3) is 0 Å². The second-order valence-corrected chi connectivity index (χ2v) is 15.0. The first kappa shape index (κ1) is 25.6. The third-order valence-corrected chi connectivity index (χ3v) is 12.3. The third kappa shape index (κ3) is 2.90. The van der Waals surface area contributed by atoms with E-state index in [0.717, 1.165) is 27.6 Å². The zero-order valence-corrected chi connectivity index (χ0v) is 27.1. The second kappa shape index (κ2) is 8.49. The number of nitrogens with zero attached hydrogens (tertiary/aromatic N) is 1. The van der Waals surface area contributed by atoms with E-state index < -0.39 is 0 Å². The molecule has 0 bridgehead atoms. The van der Waals surface area contributed by atoms with Crippen LogP contribution in [0, 0.1) is 0 Å². The van der Waals surface area contributed by atoms with Gasteiger partial charge in [-0.15, -0.1) is 11.3 Å². The van der Waals surface area contributed by atoms with Gasteiger partial charge in [-0.3, -0.25) is 4.57 Å². The van der Waals surface area contributed by atoms with Gasteiger partial charge >= 0.3 is 0 Å². The number of para-hydroxylation sites is 3. The van der Waals surface area contributed by atoms with E-state index in [0.29, 0.717) is 0 Å². The Morgan fingerprint density at radius 1 is 0.708 bits per heavy atom. The van der Waals surface area contributed by atoms with E-state index in [4.69, 9.17) is 4.42 Å². The first-order chi connectivity index (χ1) is 23.6. The average molecular weight is 630 g/mol. The molecule has 223 valence electrons. The number of benzene rings is 6. The van der Waals surface area contributed by atoms with Gasteiger partial charge in [0.1, 0.15) is 10.4 Å². The van der Waals surface area contributed by atoms with E-state index in [-0.39, 0.29) is 5.41 Å². The molecule has 5 heteroatoms. The number of hydrogen-bond donors (Lipinski definition) is 1. The van der Waals surface area contributed by atoms with Crippen molar-refractivity contribution >= 4 is 93.6 Å². The minimum atomic E-state index is -0.110. The summed E-state index contributed by atoms with van der Waals surface area (Å²) < 4.78 is 10.7. The predicted molar refractivity (Wildman–Crippen MR) is 203 cm³/mol. The summed E-state index contributed by atoms with van der Waals surface area (Å²) in [5, 5.41) is 7.49. The van der Waals surface area contributed by atoms with Crippen molar-refractivity contribution in [1.82, 2.24) is 9.55 Å². The number of aromatic nitrogens is 2. The Morgan fingerprint density at radius 3 is 2.40 bits per heavy atom. The van der Waals surface area contributed by atoms with Crippen molar-refractivity contribution in [3.05, 3.63) is 127 Å². The van der Waals surface area contributed by atoms with E-state index in [2.05, 4.69) is 146 Å².